The normalized spacial score (nSPS) is 17.5. The average molecular weight is 168 g/mol. The first kappa shape index (κ1) is 7.71. The van der Waals surface area contributed by atoms with Gasteiger partial charge in [-0.25, -0.2) is 8.78 Å². The summed E-state index contributed by atoms with van der Waals surface area (Å²) in [6, 6.07) is 3.79. The van der Waals surface area contributed by atoms with Crippen molar-refractivity contribution in [2.45, 2.75) is 25.2 Å². The fraction of sp³-hybridized carbons (Fsp3) is 0.400. The van der Waals surface area contributed by atoms with Crippen molar-refractivity contribution in [3.05, 3.63) is 35.4 Å². The fourth-order valence-electron chi connectivity index (χ4n) is 1.55. The highest BCUT2D eigenvalue weighted by molar-refractivity contribution is 5.23. The second kappa shape index (κ2) is 2.85. The van der Waals surface area contributed by atoms with Gasteiger partial charge in [0.05, 0.1) is 0 Å². The van der Waals surface area contributed by atoms with Crippen molar-refractivity contribution in [3.63, 3.8) is 0 Å². The summed E-state index contributed by atoms with van der Waals surface area (Å²) in [6.07, 6.45) is 3.33. The molecule has 2 rings (SSSR count). The smallest absolute Gasteiger partial charge is 0.126 e. The zero-order chi connectivity index (χ0) is 8.55. The second-order valence-corrected chi connectivity index (χ2v) is 3.33. The Bertz CT molecular complexity index is 270. The third kappa shape index (κ3) is 1.33. The largest absolute Gasteiger partial charge is 0.207 e. The van der Waals surface area contributed by atoms with Gasteiger partial charge in [-0.2, -0.15) is 0 Å². The van der Waals surface area contributed by atoms with Crippen LogP contribution in [0.25, 0.3) is 0 Å². The monoisotopic (exact) mass is 168 g/mol. The van der Waals surface area contributed by atoms with E-state index in [2.05, 4.69) is 0 Å². The molecule has 0 aliphatic heterocycles. The molecule has 0 unspecified atom stereocenters. The Morgan fingerprint density at radius 2 is 1.58 bits per heavy atom. The van der Waals surface area contributed by atoms with Gasteiger partial charge >= 0.3 is 0 Å². The van der Waals surface area contributed by atoms with Gasteiger partial charge in [0.2, 0.25) is 0 Å². The zero-order valence-corrected chi connectivity index (χ0v) is 6.69. The van der Waals surface area contributed by atoms with E-state index < -0.39 is 11.6 Å². The lowest BCUT2D eigenvalue weighted by Gasteiger charge is -2.25. The van der Waals surface area contributed by atoms with Crippen molar-refractivity contribution in [2.75, 3.05) is 0 Å². The summed E-state index contributed by atoms with van der Waals surface area (Å²) in [5.74, 6) is -0.524. The summed E-state index contributed by atoms with van der Waals surface area (Å²) in [5, 5.41) is 0. The SMILES string of the molecule is Fc1cc(F)cc(C2CCC2)c1. The minimum absolute atomic E-state index is 0.398. The van der Waals surface area contributed by atoms with Crippen LogP contribution in [0.4, 0.5) is 8.78 Å². The summed E-state index contributed by atoms with van der Waals surface area (Å²) >= 11 is 0. The van der Waals surface area contributed by atoms with Crippen molar-refractivity contribution in [2.24, 2.45) is 0 Å². The van der Waals surface area contributed by atoms with E-state index in [9.17, 15) is 8.78 Å². The van der Waals surface area contributed by atoms with Gasteiger partial charge in [-0.15, -0.1) is 0 Å². The predicted molar refractivity (Wildman–Crippen MR) is 43.0 cm³/mol. The van der Waals surface area contributed by atoms with Crippen molar-refractivity contribution >= 4 is 0 Å². The minimum Gasteiger partial charge on any atom is -0.207 e. The molecule has 1 aliphatic carbocycles. The molecule has 0 amide bonds. The van der Waals surface area contributed by atoms with E-state index in [-0.39, 0.29) is 0 Å². The van der Waals surface area contributed by atoms with Crippen LogP contribution in [0, 0.1) is 11.6 Å². The van der Waals surface area contributed by atoms with Crippen LogP contribution in [-0.2, 0) is 0 Å². The van der Waals surface area contributed by atoms with Gasteiger partial charge in [-0.1, -0.05) is 6.42 Å². The molecule has 12 heavy (non-hydrogen) atoms. The van der Waals surface area contributed by atoms with Crippen LogP contribution >= 0.6 is 0 Å². The quantitative estimate of drug-likeness (QED) is 0.603. The molecule has 0 radical (unpaired) electrons. The first-order valence-electron chi connectivity index (χ1n) is 4.22. The Morgan fingerprint density at radius 3 is 2.00 bits per heavy atom. The molecule has 1 aliphatic rings. The molecule has 0 heterocycles. The fourth-order valence-corrected chi connectivity index (χ4v) is 1.55. The van der Waals surface area contributed by atoms with Crippen molar-refractivity contribution in [3.8, 4) is 0 Å². The van der Waals surface area contributed by atoms with Gasteiger partial charge in [0.1, 0.15) is 11.6 Å². The number of halogens is 2. The van der Waals surface area contributed by atoms with E-state index in [4.69, 9.17) is 0 Å². The number of hydrogen-bond donors (Lipinski definition) is 0. The molecule has 1 aromatic carbocycles. The van der Waals surface area contributed by atoms with Crippen LogP contribution in [0.5, 0.6) is 0 Å². The summed E-state index contributed by atoms with van der Waals surface area (Å²) < 4.78 is 25.4. The predicted octanol–water partition coefficient (Wildman–Crippen LogP) is 3.23. The van der Waals surface area contributed by atoms with E-state index in [1.165, 1.54) is 18.6 Å². The van der Waals surface area contributed by atoms with Gasteiger partial charge in [-0.3, -0.25) is 0 Å². The molecule has 0 nitrogen and oxygen atoms in total. The molecule has 0 N–H and O–H groups in total. The van der Waals surface area contributed by atoms with E-state index >= 15 is 0 Å². The van der Waals surface area contributed by atoms with Gasteiger partial charge in [0.15, 0.2) is 0 Å². The molecule has 1 fully saturated rings. The van der Waals surface area contributed by atoms with Crippen molar-refractivity contribution in [1.82, 2.24) is 0 Å². The number of rotatable bonds is 1. The van der Waals surface area contributed by atoms with Crippen LogP contribution in [0.2, 0.25) is 0 Å². The van der Waals surface area contributed by atoms with Crippen LogP contribution in [0.15, 0.2) is 18.2 Å². The van der Waals surface area contributed by atoms with Gasteiger partial charge < -0.3 is 0 Å². The summed E-state index contributed by atoms with van der Waals surface area (Å²) in [6.45, 7) is 0. The third-order valence-electron chi connectivity index (χ3n) is 2.46. The molecule has 0 saturated heterocycles. The minimum atomic E-state index is -0.461. The van der Waals surface area contributed by atoms with Crippen LogP contribution in [0.3, 0.4) is 0 Å². The van der Waals surface area contributed by atoms with Gasteiger partial charge in [0, 0.05) is 6.07 Å². The lowest BCUT2D eigenvalue weighted by molar-refractivity contribution is 0.415. The lowest BCUT2D eigenvalue weighted by Crippen LogP contribution is -2.09. The van der Waals surface area contributed by atoms with Gasteiger partial charge in [-0.05, 0) is 36.5 Å². The van der Waals surface area contributed by atoms with Gasteiger partial charge in [0.25, 0.3) is 0 Å². The summed E-state index contributed by atoms with van der Waals surface area (Å²) in [5.41, 5.74) is 0.818. The Hall–Kier alpha value is -0.920. The highest BCUT2D eigenvalue weighted by Gasteiger charge is 2.20. The Balaban J connectivity index is 2.30. The maximum Gasteiger partial charge on any atom is 0.126 e. The molecule has 1 aromatic rings. The topological polar surface area (TPSA) is 0 Å². The van der Waals surface area contributed by atoms with E-state index in [1.54, 1.807) is 0 Å². The molecular weight excluding hydrogens is 158 g/mol. The molecule has 2 heteroatoms. The zero-order valence-electron chi connectivity index (χ0n) is 6.69. The summed E-state index contributed by atoms with van der Waals surface area (Å²) in [4.78, 5) is 0. The van der Waals surface area contributed by atoms with E-state index in [1.807, 2.05) is 0 Å². The molecular formula is C10H10F2. The standard InChI is InChI=1S/C10H10F2/c11-9-4-8(5-10(12)6-9)7-2-1-3-7/h4-7H,1-3H2. The number of benzene rings is 1. The Labute approximate surface area is 70.2 Å². The highest BCUT2D eigenvalue weighted by atomic mass is 19.1. The highest BCUT2D eigenvalue weighted by Crippen LogP contribution is 2.36. The van der Waals surface area contributed by atoms with Crippen LogP contribution in [0.1, 0.15) is 30.7 Å². The first-order chi connectivity index (χ1) is 5.75. The van der Waals surface area contributed by atoms with E-state index in [0.717, 1.165) is 24.5 Å². The molecule has 0 aromatic heterocycles. The molecule has 0 bridgehead atoms. The lowest BCUT2D eigenvalue weighted by atomic mass is 9.80. The Kier molecular flexibility index (Phi) is 1.83. The van der Waals surface area contributed by atoms with Crippen molar-refractivity contribution < 1.29 is 8.78 Å². The average Bonchev–Trinajstić information content (AvgIpc) is 1.79. The third-order valence-corrected chi connectivity index (χ3v) is 2.46. The van der Waals surface area contributed by atoms with E-state index in [0.29, 0.717) is 5.92 Å². The molecule has 1 saturated carbocycles. The van der Waals surface area contributed by atoms with Crippen molar-refractivity contribution in [1.29, 1.82) is 0 Å². The maximum absolute atomic E-state index is 12.7. The number of hydrogen-bond acceptors (Lipinski definition) is 0. The summed E-state index contributed by atoms with van der Waals surface area (Å²) in [7, 11) is 0. The maximum atomic E-state index is 12.7. The van der Waals surface area contributed by atoms with Crippen LogP contribution in [-0.4, -0.2) is 0 Å². The first-order valence-corrected chi connectivity index (χ1v) is 4.22. The molecule has 0 spiro atoms. The molecule has 64 valence electrons. The molecule has 0 atom stereocenters. The Morgan fingerprint density at radius 1 is 1.00 bits per heavy atom. The second-order valence-electron chi connectivity index (χ2n) is 3.33. The van der Waals surface area contributed by atoms with Crippen LogP contribution < -0.4 is 0 Å².